The first-order chi connectivity index (χ1) is 15.3. The molecule has 3 aromatic rings. The van der Waals surface area contributed by atoms with Crippen molar-refractivity contribution >= 4 is 22.6 Å². The van der Waals surface area contributed by atoms with Crippen molar-refractivity contribution in [1.82, 2.24) is 19.9 Å². The van der Waals surface area contributed by atoms with E-state index in [0.29, 0.717) is 41.1 Å². The summed E-state index contributed by atoms with van der Waals surface area (Å²) < 4.78 is 38.6. The minimum absolute atomic E-state index is 0.109. The van der Waals surface area contributed by atoms with E-state index in [4.69, 9.17) is 0 Å². The predicted octanol–water partition coefficient (Wildman–Crippen LogP) is 3.13. The minimum atomic E-state index is -4.47. The van der Waals surface area contributed by atoms with Crippen LogP contribution in [0.1, 0.15) is 5.56 Å². The van der Waals surface area contributed by atoms with Crippen molar-refractivity contribution in [2.45, 2.75) is 12.2 Å². The molecule has 0 spiro atoms. The Kier molecular flexibility index (Phi) is 5.79. The van der Waals surface area contributed by atoms with Crippen LogP contribution in [0.25, 0.3) is 22.2 Å². The van der Waals surface area contributed by atoms with Gasteiger partial charge in [-0.25, -0.2) is 4.98 Å². The molecule has 0 unspecified atom stereocenters. The monoisotopic (exact) mass is 443 g/mol. The molecule has 1 aliphatic rings. The molecular weight excluding hydrogens is 423 g/mol. The number of aliphatic hydroxyl groups excluding tert-OH is 1. The summed E-state index contributed by atoms with van der Waals surface area (Å²) in [6.45, 7) is 4.16. The SMILES string of the molecule is C=CC(=O)N1C[C@@H](CO)[C@H](Nc2ncc(-c3ccc(C(F)(F)F)cn3)c3ncccc23)C1. The number of alkyl halides is 3. The Morgan fingerprint density at radius 3 is 2.69 bits per heavy atom. The largest absolute Gasteiger partial charge is 0.417 e. The summed E-state index contributed by atoms with van der Waals surface area (Å²) in [4.78, 5) is 26.4. The number of amides is 1. The van der Waals surface area contributed by atoms with Crippen molar-refractivity contribution < 1.29 is 23.1 Å². The van der Waals surface area contributed by atoms with E-state index in [1.165, 1.54) is 18.3 Å². The Morgan fingerprint density at radius 2 is 2.03 bits per heavy atom. The maximum absolute atomic E-state index is 12.9. The molecule has 0 aromatic carbocycles. The highest BCUT2D eigenvalue weighted by molar-refractivity contribution is 5.98. The Balaban J connectivity index is 1.67. The zero-order chi connectivity index (χ0) is 22.9. The first-order valence-corrected chi connectivity index (χ1v) is 9.88. The first-order valence-electron chi connectivity index (χ1n) is 9.88. The van der Waals surface area contributed by atoms with Crippen LogP contribution >= 0.6 is 0 Å². The molecule has 4 rings (SSSR count). The molecule has 0 saturated carbocycles. The molecule has 32 heavy (non-hydrogen) atoms. The highest BCUT2D eigenvalue weighted by Crippen LogP contribution is 2.33. The smallest absolute Gasteiger partial charge is 0.396 e. The second-order valence-corrected chi connectivity index (χ2v) is 7.49. The highest BCUT2D eigenvalue weighted by atomic mass is 19.4. The predicted molar refractivity (Wildman–Crippen MR) is 113 cm³/mol. The fourth-order valence-corrected chi connectivity index (χ4v) is 3.80. The van der Waals surface area contributed by atoms with Gasteiger partial charge in [-0.05, 0) is 30.3 Å². The van der Waals surface area contributed by atoms with E-state index >= 15 is 0 Å². The van der Waals surface area contributed by atoms with Crippen LogP contribution in [0.3, 0.4) is 0 Å². The molecule has 0 aliphatic carbocycles. The molecule has 1 saturated heterocycles. The zero-order valence-corrected chi connectivity index (χ0v) is 16.9. The lowest BCUT2D eigenvalue weighted by atomic mass is 10.0. The van der Waals surface area contributed by atoms with Gasteiger partial charge in [-0.15, -0.1) is 0 Å². The van der Waals surface area contributed by atoms with Crippen LogP contribution in [0.5, 0.6) is 0 Å². The van der Waals surface area contributed by atoms with E-state index in [2.05, 4.69) is 26.8 Å². The number of likely N-dealkylation sites (tertiary alicyclic amines) is 1. The third kappa shape index (κ3) is 4.13. The molecule has 166 valence electrons. The number of halogens is 3. The molecule has 3 aromatic heterocycles. The number of rotatable bonds is 5. The summed E-state index contributed by atoms with van der Waals surface area (Å²) in [6.07, 6.45) is 0.633. The van der Waals surface area contributed by atoms with Gasteiger partial charge in [-0.1, -0.05) is 6.58 Å². The molecule has 1 fully saturated rings. The Labute approximate surface area is 181 Å². The standard InChI is InChI=1S/C22H20F3N5O2/c1-2-19(32)30-10-13(12-31)18(11-30)29-21-15-4-3-7-26-20(15)16(9-28-21)17-6-5-14(8-27-17)22(23,24)25/h2-9,13,18,31H,1,10-12H2,(H,28,29)/t13-,18+/m0/s1. The summed E-state index contributed by atoms with van der Waals surface area (Å²) >= 11 is 0. The maximum Gasteiger partial charge on any atom is 0.417 e. The maximum atomic E-state index is 12.9. The number of hydrogen-bond donors (Lipinski definition) is 2. The van der Waals surface area contributed by atoms with Crippen molar-refractivity contribution in [2.24, 2.45) is 5.92 Å². The van der Waals surface area contributed by atoms with Gasteiger partial charge < -0.3 is 15.3 Å². The Bertz CT molecular complexity index is 1150. The lowest BCUT2D eigenvalue weighted by Crippen LogP contribution is -2.32. The number of hydrogen-bond acceptors (Lipinski definition) is 6. The van der Waals surface area contributed by atoms with E-state index in [-0.39, 0.29) is 24.5 Å². The fraction of sp³-hybridized carbons (Fsp3) is 0.273. The van der Waals surface area contributed by atoms with E-state index in [1.807, 2.05) is 0 Å². The van der Waals surface area contributed by atoms with E-state index in [9.17, 15) is 23.1 Å². The highest BCUT2D eigenvalue weighted by Gasteiger charge is 2.34. The number of aliphatic hydroxyl groups is 1. The number of pyridine rings is 3. The van der Waals surface area contributed by atoms with Crippen LogP contribution in [-0.4, -0.2) is 56.6 Å². The van der Waals surface area contributed by atoms with E-state index < -0.39 is 11.7 Å². The minimum Gasteiger partial charge on any atom is -0.396 e. The molecule has 1 aliphatic heterocycles. The van der Waals surface area contributed by atoms with Crippen molar-refractivity contribution in [3.05, 3.63) is 61.1 Å². The van der Waals surface area contributed by atoms with Crippen LogP contribution < -0.4 is 5.32 Å². The molecule has 0 radical (unpaired) electrons. The second kappa shape index (κ2) is 8.54. The molecular formula is C22H20F3N5O2. The Hall–Kier alpha value is -3.53. The third-order valence-corrected chi connectivity index (χ3v) is 5.49. The van der Waals surface area contributed by atoms with Gasteiger partial charge in [-0.2, -0.15) is 13.2 Å². The summed E-state index contributed by atoms with van der Waals surface area (Å²) in [6, 6.07) is 5.54. The summed E-state index contributed by atoms with van der Waals surface area (Å²) in [7, 11) is 0. The van der Waals surface area contributed by atoms with Gasteiger partial charge in [0.15, 0.2) is 0 Å². The van der Waals surface area contributed by atoms with Gasteiger partial charge >= 0.3 is 6.18 Å². The van der Waals surface area contributed by atoms with Crippen molar-refractivity contribution in [3.63, 3.8) is 0 Å². The zero-order valence-electron chi connectivity index (χ0n) is 16.9. The molecule has 1 amide bonds. The van der Waals surface area contributed by atoms with Gasteiger partial charge in [0.2, 0.25) is 5.91 Å². The van der Waals surface area contributed by atoms with E-state index in [0.717, 1.165) is 12.3 Å². The summed E-state index contributed by atoms with van der Waals surface area (Å²) in [5.41, 5.74) is 0.501. The summed E-state index contributed by atoms with van der Waals surface area (Å²) in [5.74, 6) is 0.0970. The van der Waals surface area contributed by atoms with Gasteiger partial charge in [0.1, 0.15) is 5.82 Å². The number of nitrogens with zero attached hydrogens (tertiary/aromatic N) is 4. The quantitative estimate of drug-likeness (QED) is 0.589. The topological polar surface area (TPSA) is 91.2 Å². The lowest BCUT2D eigenvalue weighted by Gasteiger charge is -2.20. The second-order valence-electron chi connectivity index (χ2n) is 7.49. The van der Waals surface area contributed by atoms with Gasteiger partial charge in [0.05, 0.1) is 22.8 Å². The van der Waals surface area contributed by atoms with Crippen molar-refractivity contribution in [1.29, 1.82) is 0 Å². The number of nitrogens with one attached hydrogen (secondary N) is 1. The first kappa shape index (κ1) is 21.7. The average Bonchev–Trinajstić information content (AvgIpc) is 3.21. The number of carbonyl (C=O) groups is 1. The lowest BCUT2D eigenvalue weighted by molar-refractivity contribution is -0.137. The number of aromatic nitrogens is 3. The number of carbonyl (C=O) groups excluding carboxylic acids is 1. The molecule has 2 N–H and O–H groups in total. The van der Waals surface area contributed by atoms with Crippen LogP contribution in [0.2, 0.25) is 0 Å². The van der Waals surface area contributed by atoms with Crippen molar-refractivity contribution in [2.75, 3.05) is 25.0 Å². The molecule has 0 bridgehead atoms. The van der Waals surface area contributed by atoms with Crippen molar-refractivity contribution in [3.8, 4) is 11.3 Å². The molecule has 7 nitrogen and oxygen atoms in total. The Morgan fingerprint density at radius 1 is 1.22 bits per heavy atom. The van der Waals surface area contributed by atoms with Gasteiger partial charge in [0.25, 0.3) is 0 Å². The van der Waals surface area contributed by atoms with Crippen LogP contribution in [-0.2, 0) is 11.0 Å². The molecule has 4 heterocycles. The van der Waals surface area contributed by atoms with Gasteiger partial charge in [-0.3, -0.25) is 14.8 Å². The van der Waals surface area contributed by atoms with Gasteiger partial charge in [0, 0.05) is 55.2 Å². The third-order valence-electron chi connectivity index (χ3n) is 5.49. The number of anilines is 1. The molecule has 10 heteroatoms. The normalized spacial score (nSPS) is 18.7. The molecule has 2 atom stereocenters. The van der Waals surface area contributed by atoms with Crippen LogP contribution in [0, 0.1) is 5.92 Å². The number of fused-ring (bicyclic) bond motifs is 1. The summed E-state index contributed by atoms with van der Waals surface area (Å²) in [5, 5.41) is 13.7. The average molecular weight is 443 g/mol. The van der Waals surface area contributed by atoms with E-state index in [1.54, 1.807) is 23.2 Å². The van der Waals surface area contributed by atoms with Crippen LogP contribution in [0.15, 0.2) is 55.5 Å². The van der Waals surface area contributed by atoms with Crippen LogP contribution in [0.4, 0.5) is 19.0 Å². The fourth-order valence-electron chi connectivity index (χ4n) is 3.80.